The fourth-order valence-electron chi connectivity index (χ4n) is 2.32. The van der Waals surface area contributed by atoms with Gasteiger partial charge >= 0.3 is 0 Å². The SMILES string of the molecule is C=C(/C=c1/ccc(-c2ccc(C)cc2)cc1=C)CC.C=C/C(C)=C(/C)C=C.C=N. The molecule has 0 amide bonds. The predicted octanol–water partition coefficient (Wildman–Crippen LogP) is 6.78. The zero-order chi connectivity index (χ0) is 22.4. The number of aryl methyl sites for hydroxylation is 1. The Labute approximate surface area is 177 Å². The summed E-state index contributed by atoms with van der Waals surface area (Å²) in [5, 5.41) is 7.70. The van der Waals surface area contributed by atoms with E-state index in [-0.39, 0.29) is 0 Å². The van der Waals surface area contributed by atoms with E-state index < -0.39 is 0 Å². The smallest absolute Gasteiger partial charge is 0.0178 e. The lowest BCUT2D eigenvalue weighted by atomic mass is 10.0. The summed E-state index contributed by atoms with van der Waals surface area (Å²) in [5.74, 6) is 0. The van der Waals surface area contributed by atoms with E-state index in [1.54, 1.807) is 0 Å². The average Bonchev–Trinajstić information content (AvgIpc) is 2.76. The lowest BCUT2D eigenvalue weighted by Gasteiger charge is -2.03. The minimum Gasteiger partial charge on any atom is -0.317 e. The van der Waals surface area contributed by atoms with Gasteiger partial charge in [0.1, 0.15) is 0 Å². The fourth-order valence-corrected chi connectivity index (χ4v) is 2.32. The van der Waals surface area contributed by atoms with Crippen LogP contribution in [-0.4, -0.2) is 6.72 Å². The molecule has 0 saturated heterocycles. The molecule has 0 fully saturated rings. The summed E-state index contributed by atoms with van der Waals surface area (Å²) in [6, 6.07) is 15.0. The van der Waals surface area contributed by atoms with Gasteiger partial charge in [0.25, 0.3) is 0 Å². The first-order chi connectivity index (χ1) is 13.8. The molecular weight excluding hydrogens is 350 g/mol. The molecule has 0 radical (unpaired) electrons. The molecule has 0 aliphatic heterocycles. The maximum Gasteiger partial charge on any atom is -0.0178 e. The van der Waals surface area contributed by atoms with E-state index in [0.717, 1.165) is 22.4 Å². The van der Waals surface area contributed by atoms with Crippen LogP contribution in [0.4, 0.5) is 0 Å². The zero-order valence-electron chi connectivity index (χ0n) is 18.5. The zero-order valence-corrected chi connectivity index (χ0v) is 18.5. The minimum absolute atomic E-state index is 0.971. The Balaban J connectivity index is 0.000000664. The molecule has 0 unspecified atom stereocenters. The predicted molar refractivity (Wildman–Crippen MR) is 134 cm³/mol. The van der Waals surface area contributed by atoms with Crippen LogP contribution in [0.5, 0.6) is 0 Å². The maximum atomic E-state index is 5.50. The Bertz CT molecular complexity index is 940. The largest absolute Gasteiger partial charge is 0.317 e. The second kappa shape index (κ2) is 13.9. The van der Waals surface area contributed by atoms with Crippen LogP contribution in [0.15, 0.2) is 91.1 Å². The van der Waals surface area contributed by atoms with Crippen LogP contribution < -0.4 is 10.4 Å². The number of allylic oxidation sites excluding steroid dienone is 5. The second-order valence-corrected chi connectivity index (χ2v) is 6.71. The van der Waals surface area contributed by atoms with E-state index >= 15 is 0 Å². The molecule has 2 aromatic carbocycles. The third-order valence-corrected chi connectivity index (χ3v) is 4.58. The van der Waals surface area contributed by atoms with Crippen molar-refractivity contribution < 1.29 is 0 Å². The Morgan fingerprint density at radius 2 is 1.38 bits per heavy atom. The molecule has 0 spiro atoms. The number of rotatable bonds is 5. The molecule has 1 nitrogen and oxygen atoms in total. The van der Waals surface area contributed by atoms with E-state index in [4.69, 9.17) is 5.41 Å². The number of nitrogens with one attached hydrogen (secondary N) is 1. The van der Waals surface area contributed by atoms with Gasteiger partial charge in [0.05, 0.1) is 0 Å². The first kappa shape index (κ1) is 25.8. The van der Waals surface area contributed by atoms with Crippen molar-refractivity contribution in [3.8, 4) is 11.1 Å². The number of hydrogen-bond donors (Lipinski definition) is 1. The Morgan fingerprint density at radius 3 is 1.79 bits per heavy atom. The fraction of sp³-hybridized carbons (Fsp3) is 0.179. The van der Waals surface area contributed by atoms with Gasteiger partial charge in [-0.3, -0.25) is 0 Å². The first-order valence-corrected chi connectivity index (χ1v) is 9.65. The molecule has 29 heavy (non-hydrogen) atoms. The van der Waals surface area contributed by atoms with Crippen molar-refractivity contribution in [2.75, 3.05) is 0 Å². The lowest BCUT2D eigenvalue weighted by Crippen LogP contribution is -2.22. The van der Waals surface area contributed by atoms with Crippen molar-refractivity contribution in [1.29, 1.82) is 5.41 Å². The van der Waals surface area contributed by atoms with Crippen molar-refractivity contribution in [1.82, 2.24) is 0 Å². The standard InChI is InChI=1S/C19H20.C8H12.CH3N/c1-5-14(2)12-18-10-11-19(13-16(18)4)17-8-6-15(3)7-9-17;1-5-7(3)8(4)6-2;1-2/h6-13H,2,4-5H2,1,3H3;5-6H,1-2H2,3-4H3;2H,1H2/b18-12-;8-7-;. The second-order valence-electron chi connectivity index (χ2n) is 6.71. The highest BCUT2D eigenvalue weighted by Crippen LogP contribution is 2.17. The van der Waals surface area contributed by atoms with E-state index in [1.807, 2.05) is 26.0 Å². The molecule has 1 heteroatoms. The van der Waals surface area contributed by atoms with Crippen LogP contribution in [-0.2, 0) is 0 Å². The Kier molecular flexibility index (Phi) is 12.4. The normalized spacial score (nSPS) is 11.1. The molecule has 0 atom stereocenters. The minimum atomic E-state index is 0.971. The van der Waals surface area contributed by atoms with Gasteiger partial charge in [-0.1, -0.05) is 99.0 Å². The van der Waals surface area contributed by atoms with Gasteiger partial charge < -0.3 is 5.41 Å². The van der Waals surface area contributed by atoms with Crippen LogP contribution >= 0.6 is 0 Å². The topological polar surface area (TPSA) is 23.9 Å². The van der Waals surface area contributed by atoms with E-state index in [2.05, 4.69) is 95.4 Å². The Morgan fingerprint density at radius 1 is 0.897 bits per heavy atom. The van der Waals surface area contributed by atoms with Crippen molar-refractivity contribution in [2.45, 2.75) is 34.1 Å². The summed E-state index contributed by atoms with van der Waals surface area (Å²) in [7, 11) is 0. The van der Waals surface area contributed by atoms with Gasteiger partial charge in [0.15, 0.2) is 0 Å². The molecule has 0 aliphatic carbocycles. The van der Waals surface area contributed by atoms with Gasteiger partial charge in [0, 0.05) is 0 Å². The number of benzene rings is 2. The highest BCUT2D eigenvalue weighted by Gasteiger charge is 1.97. The highest BCUT2D eigenvalue weighted by atomic mass is 14.2. The van der Waals surface area contributed by atoms with Crippen molar-refractivity contribution in [3.63, 3.8) is 0 Å². The third kappa shape index (κ3) is 9.03. The van der Waals surface area contributed by atoms with Gasteiger partial charge in [0.2, 0.25) is 0 Å². The van der Waals surface area contributed by atoms with Gasteiger partial charge in [-0.25, -0.2) is 0 Å². The van der Waals surface area contributed by atoms with Crippen molar-refractivity contribution in [2.24, 2.45) is 0 Å². The summed E-state index contributed by atoms with van der Waals surface area (Å²) < 4.78 is 0. The molecular formula is C28H35N. The van der Waals surface area contributed by atoms with Crippen LogP contribution in [0.3, 0.4) is 0 Å². The molecule has 0 bridgehead atoms. The van der Waals surface area contributed by atoms with Crippen molar-refractivity contribution >= 4 is 19.4 Å². The average molecular weight is 386 g/mol. The lowest BCUT2D eigenvalue weighted by molar-refractivity contribution is 1.18. The highest BCUT2D eigenvalue weighted by molar-refractivity contribution is 5.64. The van der Waals surface area contributed by atoms with Gasteiger partial charge in [-0.05, 0) is 72.7 Å². The summed E-state index contributed by atoms with van der Waals surface area (Å²) in [6.45, 7) is 26.2. The summed E-state index contributed by atoms with van der Waals surface area (Å²) in [6.07, 6.45) is 6.74. The summed E-state index contributed by atoms with van der Waals surface area (Å²) in [5.41, 5.74) is 7.25. The molecule has 2 aromatic rings. The number of hydrogen-bond acceptors (Lipinski definition) is 1. The first-order valence-electron chi connectivity index (χ1n) is 9.65. The van der Waals surface area contributed by atoms with E-state index in [0.29, 0.717) is 0 Å². The van der Waals surface area contributed by atoms with Crippen molar-refractivity contribution in [3.05, 3.63) is 107 Å². The molecule has 1 N–H and O–H groups in total. The van der Waals surface area contributed by atoms with E-state index in [9.17, 15) is 0 Å². The van der Waals surface area contributed by atoms with Gasteiger partial charge in [-0.15, -0.1) is 0 Å². The van der Waals surface area contributed by atoms with Crippen LogP contribution in [0, 0.1) is 12.3 Å². The Hall–Kier alpha value is -3.19. The quantitative estimate of drug-likeness (QED) is 0.433. The molecule has 2 rings (SSSR count). The molecule has 152 valence electrons. The van der Waals surface area contributed by atoms with Crippen LogP contribution in [0.1, 0.15) is 32.8 Å². The van der Waals surface area contributed by atoms with Crippen LogP contribution in [0.25, 0.3) is 23.8 Å². The molecule has 0 heterocycles. The third-order valence-electron chi connectivity index (χ3n) is 4.58. The molecule has 0 aliphatic rings. The molecule has 0 aromatic heterocycles. The monoisotopic (exact) mass is 385 g/mol. The van der Waals surface area contributed by atoms with E-state index in [1.165, 1.54) is 27.8 Å². The van der Waals surface area contributed by atoms with Crippen LogP contribution in [0.2, 0.25) is 0 Å². The summed E-state index contributed by atoms with van der Waals surface area (Å²) >= 11 is 0. The molecule has 0 saturated carbocycles. The maximum absolute atomic E-state index is 5.50. The summed E-state index contributed by atoms with van der Waals surface area (Å²) in [4.78, 5) is 0. The van der Waals surface area contributed by atoms with Gasteiger partial charge in [-0.2, -0.15) is 0 Å².